The lowest BCUT2D eigenvalue weighted by Gasteiger charge is -2.14. The smallest absolute Gasteiger partial charge is 0.242 e. The minimum absolute atomic E-state index is 0.0877. The molecule has 0 spiro atoms. The van der Waals surface area contributed by atoms with E-state index >= 15 is 0 Å². The average Bonchev–Trinajstić information content (AvgIpc) is 2.81. The first kappa shape index (κ1) is 13.4. The van der Waals surface area contributed by atoms with Gasteiger partial charge in [-0.3, -0.25) is 19.4 Å². The van der Waals surface area contributed by atoms with Gasteiger partial charge in [-0.15, -0.1) is 0 Å². The summed E-state index contributed by atoms with van der Waals surface area (Å²) in [5.41, 5.74) is 0.860. The molecule has 1 unspecified atom stereocenters. The van der Waals surface area contributed by atoms with Crippen LogP contribution in [0.4, 0.5) is 0 Å². The lowest BCUT2D eigenvalue weighted by molar-refractivity contribution is -0.123. The number of carbonyl (C=O) groups is 1. The summed E-state index contributed by atoms with van der Waals surface area (Å²) < 4.78 is 2.13. The minimum atomic E-state index is -0.422. The highest BCUT2D eigenvalue weighted by Crippen LogP contribution is 2.20. The van der Waals surface area contributed by atoms with Crippen LogP contribution < -0.4 is 5.32 Å². The second kappa shape index (κ2) is 5.75. The van der Waals surface area contributed by atoms with Crippen LogP contribution in [0.5, 0.6) is 0 Å². The zero-order valence-electron chi connectivity index (χ0n) is 10.8. The number of nitrogens with zero attached hydrogens (tertiary/aromatic N) is 3. The van der Waals surface area contributed by atoms with Crippen molar-refractivity contribution in [3.63, 3.8) is 0 Å². The van der Waals surface area contributed by atoms with E-state index < -0.39 is 6.04 Å². The largest absolute Gasteiger partial charge is 0.355 e. The Kier molecular flexibility index (Phi) is 4.06. The van der Waals surface area contributed by atoms with Crippen LogP contribution in [0, 0.1) is 4.77 Å². The molecule has 1 amide bonds. The number of rotatable bonds is 4. The standard InChI is InChI=1S/C12H15N5OS/c1-3-14-11(18)8(2)17-10(15-16-12(17)19)9-4-6-13-7-5-9/h4-8H,3H2,1-2H3,(H,14,18)(H,16,19). The van der Waals surface area contributed by atoms with E-state index in [2.05, 4.69) is 20.5 Å². The van der Waals surface area contributed by atoms with Crippen molar-refractivity contribution in [3.05, 3.63) is 29.3 Å². The third-order valence-corrected chi connectivity index (χ3v) is 3.05. The molecule has 0 saturated carbocycles. The lowest BCUT2D eigenvalue weighted by Crippen LogP contribution is -2.31. The van der Waals surface area contributed by atoms with Gasteiger partial charge in [-0.2, -0.15) is 5.10 Å². The molecule has 6 nitrogen and oxygen atoms in total. The number of aromatic nitrogens is 4. The van der Waals surface area contributed by atoms with E-state index in [9.17, 15) is 4.79 Å². The van der Waals surface area contributed by atoms with Crippen molar-refractivity contribution in [1.82, 2.24) is 25.1 Å². The van der Waals surface area contributed by atoms with Gasteiger partial charge in [-0.05, 0) is 38.2 Å². The number of hydrogen-bond donors (Lipinski definition) is 2. The first-order valence-corrected chi connectivity index (χ1v) is 6.41. The summed E-state index contributed by atoms with van der Waals surface area (Å²) in [6.45, 7) is 4.25. The number of amides is 1. The van der Waals surface area contributed by atoms with Crippen LogP contribution in [0.2, 0.25) is 0 Å². The quantitative estimate of drug-likeness (QED) is 0.834. The molecule has 0 aliphatic heterocycles. The van der Waals surface area contributed by atoms with Crippen LogP contribution in [0.3, 0.4) is 0 Å². The molecule has 2 aromatic heterocycles. The fourth-order valence-corrected chi connectivity index (χ4v) is 2.10. The van der Waals surface area contributed by atoms with Crippen molar-refractivity contribution in [2.75, 3.05) is 6.54 Å². The fourth-order valence-electron chi connectivity index (χ4n) is 1.81. The fraction of sp³-hybridized carbons (Fsp3) is 0.333. The van der Waals surface area contributed by atoms with Gasteiger partial charge in [0.15, 0.2) is 10.6 Å². The van der Waals surface area contributed by atoms with Crippen LogP contribution in [0.1, 0.15) is 19.9 Å². The summed E-state index contributed by atoms with van der Waals surface area (Å²) >= 11 is 5.20. The van der Waals surface area contributed by atoms with Gasteiger partial charge in [0.05, 0.1) is 0 Å². The third kappa shape index (κ3) is 2.70. The third-order valence-electron chi connectivity index (χ3n) is 2.76. The van der Waals surface area contributed by atoms with Gasteiger partial charge in [0.25, 0.3) is 0 Å². The van der Waals surface area contributed by atoms with Crippen molar-refractivity contribution in [1.29, 1.82) is 0 Å². The molecule has 2 rings (SSSR count). The van der Waals surface area contributed by atoms with E-state index in [4.69, 9.17) is 12.2 Å². The molecule has 0 radical (unpaired) electrons. The van der Waals surface area contributed by atoms with E-state index in [-0.39, 0.29) is 5.91 Å². The first-order valence-electron chi connectivity index (χ1n) is 6.00. The maximum absolute atomic E-state index is 11.9. The molecular formula is C12H15N5OS. The van der Waals surface area contributed by atoms with Gasteiger partial charge in [0, 0.05) is 24.5 Å². The summed E-state index contributed by atoms with van der Waals surface area (Å²) in [5.74, 6) is 0.543. The summed E-state index contributed by atoms with van der Waals surface area (Å²) in [6, 6.07) is 3.23. The highest BCUT2D eigenvalue weighted by molar-refractivity contribution is 7.71. The molecule has 2 heterocycles. The number of hydrogen-bond acceptors (Lipinski definition) is 4. The molecule has 100 valence electrons. The van der Waals surface area contributed by atoms with Crippen LogP contribution in [0.15, 0.2) is 24.5 Å². The van der Waals surface area contributed by atoms with Gasteiger partial charge in [0.2, 0.25) is 5.91 Å². The van der Waals surface area contributed by atoms with E-state index in [1.807, 2.05) is 19.1 Å². The van der Waals surface area contributed by atoms with E-state index in [0.29, 0.717) is 17.1 Å². The van der Waals surface area contributed by atoms with Gasteiger partial charge >= 0.3 is 0 Å². The van der Waals surface area contributed by atoms with Gasteiger partial charge in [-0.25, -0.2) is 0 Å². The second-order valence-electron chi connectivity index (χ2n) is 4.03. The molecular weight excluding hydrogens is 262 g/mol. The molecule has 0 aromatic carbocycles. The van der Waals surface area contributed by atoms with Crippen molar-refractivity contribution in [2.45, 2.75) is 19.9 Å². The Bertz CT molecular complexity index is 619. The molecule has 0 fully saturated rings. The molecule has 2 aromatic rings. The van der Waals surface area contributed by atoms with Crippen LogP contribution in [-0.2, 0) is 4.79 Å². The Morgan fingerprint density at radius 2 is 2.21 bits per heavy atom. The van der Waals surface area contributed by atoms with Gasteiger partial charge < -0.3 is 5.32 Å². The Hall–Kier alpha value is -2.02. The second-order valence-corrected chi connectivity index (χ2v) is 4.42. The van der Waals surface area contributed by atoms with Gasteiger partial charge in [0.1, 0.15) is 6.04 Å². The highest BCUT2D eigenvalue weighted by Gasteiger charge is 2.20. The van der Waals surface area contributed by atoms with E-state index in [0.717, 1.165) is 5.56 Å². The van der Waals surface area contributed by atoms with E-state index in [1.165, 1.54) is 0 Å². The Balaban J connectivity index is 2.44. The molecule has 0 aliphatic rings. The Morgan fingerprint density at radius 3 is 2.84 bits per heavy atom. The first-order chi connectivity index (χ1) is 9.15. The monoisotopic (exact) mass is 277 g/mol. The molecule has 2 N–H and O–H groups in total. The van der Waals surface area contributed by atoms with Crippen molar-refractivity contribution in [2.24, 2.45) is 0 Å². The zero-order chi connectivity index (χ0) is 13.8. The summed E-state index contributed by atoms with van der Waals surface area (Å²) in [5, 5.41) is 9.70. The average molecular weight is 277 g/mol. The topological polar surface area (TPSA) is 75.6 Å². The normalized spacial score (nSPS) is 12.1. The molecule has 0 aliphatic carbocycles. The predicted molar refractivity (Wildman–Crippen MR) is 74.0 cm³/mol. The maximum Gasteiger partial charge on any atom is 0.242 e. The number of H-pyrrole nitrogens is 1. The van der Waals surface area contributed by atoms with Crippen molar-refractivity contribution < 1.29 is 4.79 Å². The summed E-state index contributed by atoms with van der Waals surface area (Å²) in [4.78, 5) is 15.9. The number of aromatic amines is 1. The molecule has 0 bridgehead atoms. The summed E-state index contributed by atoms with van der Waals surface area (Å²) in [7, 11) is 0. The van der Waals surface area contributed by atoms with Crippen LogP contribution in [0.25, 0.3) is 11.4 Å². The van der Waals surface area contributed by atoms with Crippen LogP contribution in [-0.4, -0.2) is 32.2 Å². The molecule has 1 atom stereocenters. The number of pyridine rings is 1. The Labute approximate surface area is 115 Å². The van der Waals surface area contributed by atoms with Crippen molar-refractivity contribution >= 4 is 18.1 Å². The summed E-state index contributed by atoms with van der Waals surface area (Å²) in [6.07, 6.45) is 3.35. The molecule has 0 saturated heterocycles. The van der Waals surface area contributed by atoms with Gasteiger partial charge in [-0.1, -0.05) is 0 Å². The van der Waals surface area contributed by atoms with Crippen molar-refractivity contribution in [3.8, 4) is 11.4 Å². The minimum Gasteiger partial charge on any atom is -0.355 e. The zero-order valence-corrected chi connectivity index (χ0v) is 11.6. The number of carbonyl (C=O) groups excluding carboxylic acids is 1. The maximum atomic E-state index is 11.9. The number of likely N-dealkylation sites (N-methyl/N-ethyl adjacent to an activating group) is 1. The lowest BCUT2D eigenvalue weighted by atomic mass is 10.2. The van der Waals surface area contributed by atoms with Crippen LogP contribution >= 0.6 is 12.2 Å². The van der Waals surface area contributed by atoms with E-state index in [1.54, 1.807) is 23.9 Å². The number of nitrogens with one attached hydrogen (secondary N) is 2. The SMILES string of the molecule is CCNC(=O)C(C)n1c(-c2ccncc2)n[nH]c1=S. The molecule has 7 heteroatoms. The Morgan fingerprint density at radius 1 is 1.53 bits per heavy atom. The predicted octanol–water partition coefficient (Wildman–Crippen LogP) is 1.70. The molecule has 19 heavy (non-hydrogen) atoms. The highest BCUT2D eigenvalue weighted by atomic mass is 32.1.